The van der Waals surface area contributed by atoms with E-state index in [1.807, 2.05) is 78.9 Å². The molecule has 6 aromatic rings. The maximum Gasteiger partial charge on any atom is 0.306 e. The minimum Gasteiger partial charge on any atom is -0.481 e. The molecule has 0 saturated carbocycles. The number of nitrogens with one attached hydrogen (secondary N) is 4. The van der Waals surface area contributed by atoms with Crippen molar-refractivity contribution in [2.45, 2.75) is 94.7 Å². The van der Waals surface area contributed by atoms with Crippen LogP contribution in [0.4, 0.5) is 0 Å². The van der Waals surface area contributed by atoms with Gasteiger partial charge in [-0.2, -0.15) is 0 Å². The number of aliphatic carboxylic acids is 1. The molecule has 6 aliphatic heterocycles. The average Bonchev–Trinajstić information content (AvgIpc) is 4.16. The van der Waals surface area contributed by atoms with Gasteiger partial charge in [0.1, 0.15) is 24.2 Å². The molecule has 6 aliphatic rings. The van der Waals surface area contributed by atoms with Crippen molar-refractivity contribution in [2.75, 3.05) is 13.6 Å². The number of hydrogen-bond acceptors (Lipinski definition) is 11. The Kier molecular flexibility index (Phi) is 10.9. The molecule has 69 heavy (non-hydrogen) atoms. The van der Waals surface area contributed by atoms with Gasteiger partial charge >= 0.3 is 11.9 Å². The number of amides is 4. The normalized spacial score (nSPS) is 22.8. The molecule has 0 spiro atoms. The molecular weight excluding hydrogens is 889 g/mol. The topological polar surface area (TPSA) is 231 Å². The van der Waals surface area contributed by atoms with E-state index in [-0.39, 0.29) is 69.0 Å². The number of benzene rings is 4. The predicted molar refractivity (Wildman–Crippen MR) is 245 cm³/mol. The van der Waals surface area contributed by atoms with Crippen molar-refractivity contribution in [1.29, 1.82) is 0 Å². The van der Waals surface area contributed by atoms with Crippen molar-refractivity contribution in [3.05, 3.63) is 119 Å². The van der Waals surface area contributed by atoms with Crippen molar-refractivity contribution < 1.29 is 57.6 Å². The first-order valence-corrected chi connectivity index (χ1v) is 23.1. The lowest BCUT2D eigenvalue weighted by molar-refractivity contribution is -0.154. The van der Waals surface area contributed by atoms with Gasteiger partial charge in [0.25, 0.3) is 0 Å². The zero-order valence-corrected chi connectivity index (χ0v) is 37.6. The Bertz CT molecular complexity index is 3100. The minimum atomic E-state index is -1.01. The number of rotatable bonds is 9. The van der Waals surface area contributed by atoms with Gasteiger partial charge in [-0.15, -0.1) is 0 Å². The highest BCUT2D eigenvalue weighted by molar-refractivity contribution is 6.01. The first-order chi connectivity index (χ1) is 33.4. The summed E-state index contributed by atoms with van der Waals surface area (Å²) in [6.07, 6.45) is 0.588. The van der Waals surface area contributed by atoms with E-state index in [2.05, 4.69) is 20.6 Å². The number of nitrogens with zero attached hydrogens (tertiary/aromatic N) is 2. The second kappa shape index (κ2) is 17.2. The number of fused-ring (bicyclic) bond motifs is 10. The van der Waals surface area contributed by atoms with Gasteiger partial charge < -0.3 is 59.2 Å². The Morgan fingerprint density at radius 3 is 1.55 bits per heavy atom. The summed E-state index contributed by atoms with van der Waals surface area (Å²) in [7, 11) is 0. The Labute approximate surface area is 394 Å². The van der Waals surface area contributed by atoms with Crippen LogP contribution >= 0.6 is 0 Å². The molecule has 0 aliphatic carbocycles. The molecule has 4 amide bonds. The van der Waals surface area contributed by atoms with Crippen LogP contribution in [0.1, 0.15) is 85.3 Å². The lowest BCUT2D eigenvalue weighted by Crippen LogP contribution is -2.66. The molecule has 0 bridgehead atoms. The van der Waals surface area contributed by atoms with Gasteiger partial charge in [-0.05, 0) is 85.3 Å². The van der Waals surface area contributed by atoms with Crippen molar-refractivity contribution in [1.82, 2.24) is 30.4 Å². The maximum absolute atomic E-state index is 13.9. The van der Waals surface area contributed by atoms with Gasteiger partial charge in [0.2, 0.25) is 37.2 Å². The molecule has 2 saturated heterocycles. The number of aromatic amines is 2. The van der Waals surface area contributed by atoms with Crippen LogP contribution in [0, 0.1) is 0 Å². The Hall–Kier alpha value is -8.02. The summed E-state index contributed by atoms with van der Waals surface area (Å²) in [5.74, 6) is 0.0676. The molecule has 0 radical (unpaired) electrons. The fraction of sp³-hybridized carbons (Fsp3) is 0.333. The quantitative estimate of drug-likeness (QED) is 0.120. The Balaban J connectivity index is 0.000000151. The van der Waals surface area contributed by atoms with Gasteiger partial charge in [0.05, 0.1) is 18.2 Å². The highest BCUT2D eigenvalue weighted by Crippen LogP contribution is 2.47. The third kappa shape index (κ3) is 7.68. The van der Waals surface area contributed by atoms with E-state index in [9.17, 15) is 28.8 Å². The van der Waals surface area contributed by atoms with E-state index < -0.39 is 48.2 Å². The van der Waals surface area contributed by atoms with Crippen molar-refractivity contribution in [3.63, 3.8) is 0 Å². The molecule has 4 aromatic carbocycles. The third-order valence-corrected chi connectivity index (χ3v) is 13.7. The van der Waals surface area contributed by atoms with Gasteiger partial charge in [0, 0.05) is 58.9 Å². The van der Waals surface area contributed by atoms with Crippen LogP contribution in [0.5, 0.6) is 23.0 Å². The number of para-hydroxylation sites is 2. The highest BCUT2D eigenvalue weighted by atomic mass is 16.7. The molecule has 2 fully saturated rings. The van der Waals surface area contributed by atoms with Gasteiger partial charge in [0.15, 0.2) is 23.0 Å². The maximum atomic E-state index is 13.9. The number of esters is 1. The summed E-state index contributed by atoms with van der Waals surface area (Å²) in [5, 5.41) is 16.8. The fourth-order valence-corrected chi connectivity index (χ4v) is 10.7. The largest absolute Gasteiger partial charge is 0.481 e. The van der Waals surface area contributed by atoms with E-state index in [0.29, 0.717) is 35.8 Å². The van der Waals surface area contributed by atoms with Crippen LogP contribution in [0.15, 0.2) is 84.9 Å². The van der Waals surface area contributed by atoms with Crippen LogP contribution in [0.2, 0.25) is 0 Å². The minimum absolute atomic E-state index is 0.0382. The Morgan fingerprint density at radius 2 is 1.09 bits per heavy atom. The first-order valence-electron chi connectivity index (χ1n) is 23.1. The summed E-state index contributed by atoms with van der Waals surface area (Å²) in [6, 6.07) is 22.8. The van der Waals surface area contributed by atoms with Crippen molar-refractivity contribution >= 4 is 57.4 Å². The molecule has 0 unspecified atom stereocenters. The lowest BCUT2D eigenvalue weighted by Gasteiger charge is -2.46. The van der Waals surface area contributed by atoms with Gasteiger partial charge in [-0.25, -0.2) is 0 Å². The standard InChI is InChI=1S/C27H27N3O6.C24H21N3O6/c1-14(2)36-23(31)10-8-19-27(33)30-20(26(32)29-19)12-17-16-5-3-4-6-18(16)28-24(17)25(30)15-7-9-21-22(11-15)35-13-34-21;28-20(29)8-6-16-24(31)27-17(23(30)26-16)10-14-13-3-1-2-4-15(13)25-21(14)22(27)12-5-7-18-19(9-12)33-11-32-18/h3-7,9,11,14,19-20,25,28H,8,10,12-13H2,1-2H3,(H,29,32);1-5,7,9,16-17,22,25H,6,8,10-11H2,(H,26,30)(H,28,29)/t19-,20+,25+;16-,17+,22+/m00/s1. The van der Waals surface area contributed by atoms with E-state index >= 15 is 0 Å². The number of aromatic nitrogens is 2. The van der Waals surface area contributed by atoms with Crippen molar-refractivity contribution in [2.24, 2.45) is 0 Å². The van der Waals surface area contributed by atoms with E-state index in [4.69, 9.17) is 28.8 Å². The summed E-state index contributed by atoms with van der Waals surface area (Å²) < 4.78 is 27.3. The molecule has 12 rings (SSSR count). The number of ether oxygens (including phenoxy) is 5. The number of piperazine rings is 2. The number of H-pyrrole nitrogens is 2. The monoisotopic (exact) mass is 936 g/mol. The van der Waals surface area contributed by atoms with Crippen LogP contribution in [0.25, 0.3) is 21.8 Å². The zero-order valence-electron chi connectivity index (χ0n) is 37.6. The summed E-state index contributed by atoms with van der Waals surface area (Å²) in [4.78, 5) is 87.5. The zero-order chi connectivity index (χ0) is 47.7. The first kappa shape index (κ1) is 43.5. The third-order valence-electron chi connectivity index (χ3n) is 13.7. The summed E-state index contributed by atoms with van der Waals surface area (Å²) >= 11 is 0. The Morgan fingerprint density at radius 1 is 0.638 bits per heavy atom. The summed E-state index contributed by atoms with van der Waals surface area (Å²) in [6.45, 7) is 3.82. The molecule has 6 atom stereocenters. The van der Waals surface area contributed by atoms with E-state index in [1.165, 1.54) is 0 Å². The lowest BCUT2D eigenvalue weighted by atomic mass is 9.85. The smallest absolute Gasteiger partial charge is 0.306 e. The van der Waals surface area contributed by atoms with Crippen LogP contribution < -0.4 is 29.6 Å². The summed E-state index contributed by atoms with van der Waals surface area (Å²) in [5.41, 5.74) is 7.25. The van der Waals surface area contributed by atoms with Gasteiger partial charge in [-0.1, -0.05) is 48.5 Å². The molecule has 2 aromatic heterocycles. The number of carbonyl (C=O) groups is 6. The van der Waals surface area contributed by atoms with Crippen molar-refractivity contribution in [3.8, 4) is 23.0 Å². The number of carbonyl (C=O) groups excluding carboxylic acids is 5. The second-order valence-corrected chi connectivity index (χ2v) is 18.2. The molecule has 18 nitrogen and oxygen atoms in total. The molecule has 354 valence electrons. The van der Waals surface area contributed by atoms with Crippen LogP contribution in [0.3, 0.4) is 0 Å². The van der Waals surface area contributed by atoms with E-state index in [1.54, 1.807) is 29.7 Å². The van der Waals surface area contributed by atoms with Crippen LogP contribution in [-0.2, 0) is 46.3 Å². The average molecular weight is 937 g/mol. The number of hydrogen-bond donors (Lipinski definition) is 5. The van der Waals surface area contributed by atoms with Crippen LogP contribution in [-0.4, -0.2) is 104 Å². The fourth-order valence-electron chi connectivity index (χ4n) is 10.7. The highest BCUT2D eigenvalue weighted by Gasteiger charge is 2.51. The molecular formula is C51H48N6O12. The molecule has 8 heterocycles. The molecule has 5 N–H and O–H groups in total. The van der Waals surface area contributed by atoms with E-state index in [0.717, 1.165) is 55.4 Å². The predicted octanol–water partition coefficient (Wildman–Crippen LogP) is 5.07. The SMILES string of the molecule is CC(C)OC(=O)CC[C@@H]1NC(=O)[C@H]2Cc3c([nH]c4ccccc34)[C@@H](c3ccc4c(c3)OCO4)N2C1=O.O=C(O)CC[C@@H]1NC(=O)[C@H]2Cc3c([nH]c4ccccc34)[C@@H](c3ccc4c(c3)OCO4)N2C1=O. The molecule has 18 heteroatoms. The second-order valence-electron chi connectivity index (χ2n) is 18.2. The number of carboxylic acid groups (broad SMARTS) is 1. The van der Waals surface area contributed by atoms with Gasteiger partial charge in [-0.3, -0.25) is 28.8 Å². The number of carboxylic acids is 1.